The minimum absolute atomic E-state index is 0.0886. The van der Waals surface area contributed by atoms with Crippen molar-refractivity contribution in [2.75, 3.05) is 0 Å². The van der Waals surface area contributed by atoms with Crippen LogP contribution in [0.2, 0.25) is 0 Å². The van der Waals surface area contributed by atoms with Crippen LogP contribution in [-0.4, -0.2) is 17.9 Å². The summed E-state index contributed by atoms with van der Waals surface area (Å²) in [5.74, 6) is -2.27. The second-order valence-corrected chi connectivity index (χ2v) is 5.79. The van der Waals surface area contributed by atoms with Gasteiger partial charge in [0.15, 0.2) is 5.75 Å². The first kappa shape index (κ1) is 17.6. The number of esters is 3. The van der Waals surface area contributed by atoms with Crippen LogP contribution in [0.4, 0.5) is 0 Å². The smallest absolute Gasteiger partial charge is 0.308 e. The van der Waals surface area contributed by atoms with Gasteiger partial charge in [-0.3, -0.25) is 19.2 Å². The molecule has 126 valence electrons. The lowest BCUT2D eigenvalue weighted by atomic mass is 10.1. The van der Waals surface area contributed by atoms with Gasteiger partial charge >= 0.3 is 17.9 Å². The maximum absolute atomic E-state index is 12.5. The summed E-state index contributed by atoms with van der Waals surface area (Å²) in [5.41, 5.74) is -0.209. The molecule has 2 rings (SSSR count). The van der Waals surface area contributed by atoms with Crippen molar-refractivity contribution in [3.63, 3.8) is 0 Å². The maximum Gasteiger partial charge on any atom is 0.308 e. The largest absolute Gasteiger partial charge is 0.425 e. The minimum atomic E-state index is -1.59. The van der Waals surface area contributed by atoms with E-state index >= 15 is 0 Å². The average molecular weight is 350 g/mol. The number of hydrogen-bond acceptors (Lipinski definition) is 8. The molecule has 0 bridgehead atoms. The molecule has 1 heterocycles. The Morgan fingerprint density at radius 1 is 0.958 bits per heavy atom. The zero-order valence-corrected chi connectivity index (χ0v) is 14.0. The van der Waals surface area contributed by atoms with E-state index in [9.17, 15) is 19.2 Å². The van der Waals surface area contributed by atoms with Crippen molar-refractivity contribution in [2.24, 2.45) is 0 Å². The summed E-state index contributed by atoms with van der Waals surface area (Å²) < 4.78 is 15.1. The van der Waals surface area contributed by atoms with Crippen molar-refractivity contribution in [3.8, 4) is 5.75 Å². The van der Waals surface area contributed by atoms with Crippen LogP contribution >= 0.6 is 11.3 Å². The molecule has 0 fully saturated rings. The van der Waals surface area contributed by atoms with E-state index in [1.54, 1.807) is 24.3 Å². The zero-order chi connectivity index (χ0) is 17.9. The lowest BCUT2D eigenvalue weighted by Crippen LogP contribution is -2.22. The van der Waals surface area contributed by atoms with Crippen LogP contribution in [0.25, 0.3) is 10.1 Å². The Kier molecular flexibility index (Phi) is 5.30. The summed E-state index contributed by atoms with van der Waals surface area (Å²) in [6.07, 6.45) is -1.59. The van der Waals surface area contributed by atoms with Gasteiger partial charge in [0.25, 0.3) is 6.29 Å². The molecule has 2 aromatic rings. The first-order chi connectivity index (χ1) is 11.3. The number of carbonyl (C=O) groups is 3. The van der Waals surface area contributed by atoms with Crippen LogP contribution in [0.5, 0.6) is 5.75 Å². The molecule has 0 aliphatic heterocycles. The van der Waals surface area contributed by atoms with Crippen molar-refractivity contribution in [2.45, 2.75) is 27.1 Å². The topological polar surface area (TPSA) is 96.0 Å². The first-order valence-electron chi connectivity index (χ1n) is 6.88. The quantitative estimate of drug-likeness (QED) is 0.616. The Morgan fingerprint density at radius 3 is 2.08 bits per heavy atom. The van der Waals surface area contributed by atoms with Gasteiger partial charge in [0.2, 0.25) is 4.74 Å². The number of rotatable bonds is 4. The number of fused-ring (bicyclic) bond motifs is 1. The first-order valence-corrected chi connectivity index (χ1v) is 7.70. The van der Waals surface area contributed by atoms with E-state index < -0.39 is 28.9 Å². The number of carbonyl (C=O) groups excluding carboxylic acids is 3. The summed E-state index contributed by atoms with van der Waals surface area (Å²) in [6.45, 7) is 3.39. The lowest BCUT2D eigenvalue weighted by molar-refractivity contribution is -0.186. The molecular weight excluding hydrogens is 336 g/mol. The van der Waals surface area contributed by atoms with Gasteiger partial charge in [-0.15, -0.1) is 0 Å². The predicted molar refractivity (Wildman–Crippen MR) is 85.7 cm³/mol. The van der Waals surface area contributed by atoms with Gasteiger partial charge in [-0.1, -0.05) is 23.5 Å². The van der Waals surface area contributed by atoms with Crippen LogP contribution in [0.15, 0.2) is 29.1 Å². The standard InChI is InChI=1S/C16H14O7S/c1-8(17)21-14-11-6-4-5-7-12(11)24-15(20)13(14)16(22-9(2)18)23-10(3)19/h4-7,16H,1-3H3. The molecule has 0 saturated heterocycles. The molecule has 0 radical (unpaired) electrons. The summed E-state index contributed by atoms with van der Waals surface area (Å²) in [4.78, 5) is 46.5. The average Bonchev–Trinajstić information content (AvgIpc) is 2.45. The fourth-order valence-corrected chi connectivity index (χ4v) is 2.95. The van der Waals surface area contributed by atoms with Gasteiger partial charge < -0.3 is 14.2 Å². The minimum Gasteiger partial charge on any atom is -0.425 e. The van der Waals surface area contributed by atoms with E-state index in [1.165, 1.54) is 6.92 Å². The summed E-state index contributed by atoms with van der Waals surface area (Å²) in [6, 6.07) is 6.75. The Bertz CT molecular complexity index is 852. The Labute approximate surface area is 140 Å². The van der Waals surface area contributed by atoms with Crippen molar-refractivity contribution in [1.29, 1.82) is 0 Å². The molecule has 24 heavy (non-hydrogen) atoms. The third-order valence-corrected chi connectivity index (χ3v) is 3.81. The summed E-state index contributed by atoms with van der Waals surface area (Å²) in [5, 5.41) is 0.469. The Morgan fingerprint density at radius 2 is 1.54 bits per heavy atom. The fourth-order valence-electron chi connectivity index (χ4n) is 2.04. The molecule has 0 aliphatic rings. The van der Waals surface area contributed by atoms with Gasteiger partial charge in [-0.05, 0) is 12.1 Å². The van der Waals surface area contributed by atoms with Gasteiger partial charge in [0, 0.05) is 30.9 Å². The molecule has 1 aromatic heterocycles. The highest BCUT2D eigenvalue weighted by Gasteiger charge is 2.29. The van der Waals surface area contributed by atoms with E-state index in [1.807, 2.05) is 0 Å². The SMILES string of the molecule is CC(=O)Oc1c(C(OC(C)=O)OC(C)=O)c(=O)sc2ccccc12. The molecule has 0 atom stereocenters. The van der Waals surface area contributed by atoms with Crippen molar-refractivity contribution in [3.05, 3.63) is 39.4 Å². The fraction of sp³-hybridized carbons (Fsp3) is 0.250. The van der Waals surface area contributed by atoms with E-state index in [4.69, 9.17) is 14.2 Å². The van der Waals surface area contributed by atoms with E-state index in [2.05, 4.69) is 0 Å². The van der Waals surface area contributed by atoms with Crippen LogP contribution in [-0.2, 0) is 23.9 Å². The molecule has 0 amide bonds. The predicted octanol–water partition coefficient (Wildman–Crippen LogP) is 2.31. The Balaban J connectivity index is 2.75. The highest BCUT2D eigenvalue weighted by molar-refractivity contribution is 7.16. The molecular formula is C16H14O7S. The normalized spacial score (nSPS) is 10.5. The van der Waals surface area contributed by atoms with E-state index in [-0.39, 0.29) is 11.3 Å². The number of ether oxygens (including phenoxy) is 3. The van der Waals surface area contributed by atoms with Gasteiger partial charge in [-0.2, -0.15) is 0 Å². The monoisotopic (exact) mass is 350 g/mol. The van der Waals surface area contributed by atoms with Gasteiger partial charge in [0.05, 0.1) is 0 Å². The Hall–Kier alpha value is -2.74. The number of hydrogen-bond donors (Lipinski definition) is 0. The summed E-state index contributed by atoms with van der Waals surface area (Å²) in [7, 11) is 0. The number of benzene rings is 1. The van der Waals surface area contributed by atoms with Crippen LogP contribution < -0.4 is 9.48 Å². The highest BCUT2D eigenvalue weighted by atomic mass is 32.1. The summed E-state index contributed by atoms with van der Waals surface area (Å²) >= 11 is 0.863. The molecule has 1 aromatic carbocycles. The van der Waals surface area contributed by atoms with Crippen LogP contribution in [0, 0.1) is 0 Å². The van der Waals surface area contributed by atoms with Crippen LogP contribution in [0.1, 0.15) is 32.6 Å². The van der Waals surface area contributed by atoms with Crippen LogP contribution in [0.3, 0.4) is 0 Å². The zero-order valence-electron chi connectivity index (χ0n) is 13.2. The van der Waals surface area contributed by atoms with E-state index in [0.717, 1.165) is 25.2 Å². The van der Waals surface area contributed by atoms with Crippen molar-refractivity contribution >= 4 is 39.3 Å². The van der Waals surface area contributed by atoms with E-state index in [0.29, 0.717) is 10.1 Å². The van der Waals surface area contributed by atoms with Gasteiger partial charge in [-0.25, -0.2) is 0 Å². The van der Waals surface area contributed by atoms with Crippen molar-refractivity contribution in [1.82, 2.24) is 0 Å². The lowest BCUT2D eigenvalue weighted by Gasteiger charge is -2.19. The third-order valence-electron chi connectivity index (χ3n) is 2.83. The second-order valence-electron chi connectivity index (χ2n) is 4.77. The van der Waals surface area contributed by atoms with Gasteiger partial charge in [0.1, 0.15) is 5.56 Å². The van der Waals surface area contributed by atoms with Crippen molar-refractivity contribution < 1.29 is 28.6 Å². The maximum atomic E-state index is 12.5. The molecule has 0 unspecified atom stereocenters. The second kappa shape index (κ2) is 7.22. The molecule has 0 spiro atoms. The molecule has 0 saturated carbocycles. The molecule has 7 nitrogen and oxygen atoms in total. The molecule has 0 N–H and O–H groups in total. The third kappa shape index (κ3) is 3.96. The highest BCUT2D eigenvalue weighted by Crippen LogP contribution is 2.35. The molecule has 0 aliphatic carbocycles. The molecule has 8 heteroatoms.